The van der Waals surface area contributed by atoms with Gasteiger partial charge in [0.05, 0.1) is 18.2 Å². The normalized spacial score (nSPS) is 17.9. The van der Waals surface area contributed by atoms with Gasteiger partial charge in [0.2, 0.25) is 0 Å². The van der Waals surface area contributed by atoms with Crippen molar-refractivity contribution in [3.63, 3.8) is 0 Å². The van der Waals surface area contributed by atoms with Gasteiger partial charge >= 0.3 is 0 Å². The van der Waals surface area contributed by atoms with E-state index in [1.165, 1.54) is 0 Å². The van der Waals surface area contributed by atoms with Gasteiger partial charge in [0.25, 0.3) is 0 Å². The maximum absolute atomic E-state index is 5.59. The van der Waals surface area contributed by atoms with Crippen LogP contribution in [0.2, 0.25) is 0 Å². The topological polar surface area (TPSA) is 41.7 Å². The molecule has 0 spiro atoms. The van der Waals surface area contributed by atoms with Crippen molar-refractivity contribution in [1.29, 1.82) is 0 Å². The van der Waals surface area contributed by atoms with Crippen LogP contribution in [0.25, 0.3) is 0 Å². The van der Waals surface area contributed by atoms with Crippen molar-refractivity contribution in [2.75, 3.05) is 52.5 Å². The summed E-state index contributed by atoms with van der Waals surface area (Å²) < 4.78 is 5.32. The van der Waals surface area contributed by atoms with Crippen LogP contribution in [0.15, 0.2) is 0 Å². The van der Waals surface area contributed by atoms with Crippen LogP contribution in [-0.2, 0) is 4.74 Å². The van der Waals surface area contributed by atoms with Gasteiger partial charge in [0.15, 0.2) is 0 Å². The molecule has 94 valence electrons. The first-order valence-corrected chi connectivity index (χ1v) is 6.44. The average Bonchev–Trinajstić information content (AvgIpc) is 2.27. The summed E-state index contributed by atoms with van der Waals surface area (Å²) in [6.07, 6.45) is 1.14. The van der Waals surface area contributed by atoms with E-state index >= 15 is 0 Å². The number of ether oxygens (including phenoxy) is 1. The fourth-order valence-electron chi connectivity index (χ4n) is 1.91. The second kappa shape index (κ2) is 7.95. The molecule has 0 saturated carbocycles. The molecule has 0 bridgehead atoms. The molecule has 1 heterocycles. The summed E-state index contributed by atoms with van der Waals surface area (Å²) in [4.78, 5) is 5.36. The van der Waals surface area contributed by atoms with Crippen LogP contribution in [0.3, 0.4) is 0 Å². The molecule has 0 atom stereocenters. The summed E-state index contributed by atoms with van der Waals surface area (Å²) in [5, 5.41) is 0. The van der Waals surface area contributed by atoms with Crippen LogP contribution in [0.1, 0.15) is 13.3 Å². The van der Waals surface area contributed by atoms with Gasteiger partial charge in [0, 0.05) is 32.7 Å². The Bertz CT molecular complexity index is 207. The van der Waals surface area contributed by atoms with Crippen LogP contribution < -0.4 is 5.73 Å². The Balaban J connectivity index is 2.21. The van der Waals surface area contributed by atoms with E-state index in [9.17, 15) is 0 Å². The fourth-order valence-corrected chi connectivity index (χ4v) is 2.10. The van der Waals surface area contributed by atoms with Crippen molar-refractivity contribution < 1.29 is 4.74 Å². The SMILES string of the molecule is CCCN(CCN1CCOCC1)CC(N)=S. The standard InChI is InChI=1S/C11H23N3OS/c1-2-3-14(10-11(12)16)5-4-13-6-8-15-9-7-13/h2-10H2,1H3,(H2,12,16). The molecule has 0 amide bonds. The van der Waals surface area contributed by atoms with Gasteiger partial charge in [0.1, 0.15) is 0 Å². The van der Waals surface area contributed by atoms with Gasteiger partial charge < -0.3 is 10.5 Å². The molecule has 1 rings (SSSR count). The summed E-state index contributed by atoms with van der Waals surface area (Å²) in [6.45, 7) is 9.96. The number of morpholine rings is 1. The molecule has 16 heavy (non-hydrogen) atoms. The van der Waals surface area contributed by atoms with E-state index < -0.39 is 0 Å². The highest BCUT2D eigenvalue weighted by molar-refractivity contribution is 7.80. The molecule has 1 fully saturated rings. The summed E-state index contributed by atoms with van der Waals surface area (Å²) in [5.41, 5.74) is 5.59. The molecule has 1 aliphatic rings. The summed E-state index contributed by atoms with van der Waals surface area (Å²) in [7, 11) is 0. The molecule has 2 N–H and O–H groups in total. The molecule has 0 unspecified atom stereocenters. The molecular weight excluding hydrogens is 222 g/mol. The molecule has 0 aliphatic carbocycles. The minimum atomic E-state index is 0.593. The van der Waals surface area contributed by atoms with Crippen molar-refractivity contribution in [2.24, 2.45) is 5.73 Å². The lowest BCUT2D eigenvalue weighted by atomic mass is 10.3. The van der Waals surface area contributed by atoms with E-state index in [0.717, 1.165) is 58.9 Å². The largest absolute Gasteiger partial charge is 0.392 e. The Morgan fingerprint density at radius 2 is 2.06 bits per heavy atom. The Morgan fingerprint density at radius 1 is 1.38 bits per heavy atom. The smallest absolute Gasteiger partial charge is 0.0870 e. The predicted octanol–water partition coefficient (Wildman–Crippen LogP) is 0.317. The van der Waals surface area contributed by atoms with Crippen LogP contribution in [-0.4, -0.2) is 67.3 Å². The number of hydrogen-bond acceptors (Lipinski definition) is 4. The summed E-state index contributed by atoms with van der Waals surface area (Å²) in [6, 6.07) is 0. The van der Waals surface area contributed by atoms with Gasteiger partial charge in [-0.05, 0) is 13.0 Å². The zero-order valence-corrected chi connectivity index (χ0v) is 11.0. The minimum absolute atomic E-state index is 0.593. The number of nitrogens with zero attached hydrogens (tertiary/aromatic N) is 2. The van der Waals surface area contributed by atoms with Crippen molar-refractivity contribution in [3.8, 4) is 0 Å². The third kappa shape index (κ3) is 5.75. The lowest BCUT2D eigenvalue weighted by Gasteiger charge is -2.29. The van der Waals surface area contributed by atoms with Crippen LogP contribution in [0, 0.1) is 0 Å². The first-order valence-electron chi connectivity index (χ1n) is 6.03. The maximum atomic E-state index is 5.59. The second-order valence-corrected chi connectivity index (χ2v) is 4.72. The van der Waals surface area contributed by atoms with Crippen molar-refractivity contribution in [3.05, 3.63) is 0 Å². The Labute approximate surface area is 104 Å². The lowest BCUT2D eigenvalue weighted by molar-refractivity contribution is 0.0340. The van der Waals surface area contributed by atoms with Crippen LogP contribution >= 0.6 is 12.2 Å². The maximum Gasteiger partial charge on any atom is 0.0870 e. The van der Waals surface area contributed by atoms with E-state index in [4.69, 9.17) is 22.7 Å². The van der Waals surface area contributed by atoms with Gasteiger partial charge in [-0.25, -0.2) is 0 Å². The molecule has 1 saturated heterocycles. The molecule has 0 radical (unpaired) electrons. The highest BCUT2D eigenvalue weighted by Gasteiger charge is 2.12. The third-order valence-corrected chi connectivity index (χ3v) is 2.88. The van der Waals surface area contributed by atoms with Crippen molar-refractivity contribution >= 4 is 17.2 Å². The molecule has 0 aromatic heterocycles. The van der Waals surface area contributed by atoms with E-state index in [-0.39, 0.29) is 0 Å². The van der Waals surface area contributed by atoms with Gasteiger partial charge in [-0.3, -0.25) is 9.80 Å². The Hall–Kier alpha value is -0.230. The number of hydrogen-bond donors (Lipinski definition) is 1. The number of rotatable bonds is 7. The lowest BCUT2D eigenvalue weighted by Crippen LogP contribution is -2.43. The molecule has 0 aromatic carbocycles. The van der Waals surface area contributed by atoms with Crippen molar-refractivity contribution in [1.82, 2.24) is 9.80 Å². The molecule has 5 heteroatoms. The third-order valence-electron chi connectivity index (χ3n) is 2.76. The highest BCUT2D eigenvalue weighted by atomic mass is 32.1. The van der Waals surface area contributed by atoms with Gasteiger partial charge in [-0.1, -0.05) is 19.1 Å². The number of nitrogens with two attached hydrogens (primary N) is 1. The van der Waals surface area contributed by atoms with E-state index in [0.29, 0.717) is 4.99 Å². The zero-order valence-electron chi connectivity index (χ0n) is 10.2. The first kappa shape index (κ1) is 13.8. The first-order chi connectivity index (χ1) is 7.72. The monoisotopic (exact) mass is 245 g/mol. The minimum Gasteiger partial charge on any atom is -0.392 e. The second-order valence-electron chi connectivity index (χ2n) is 4.20. The molecule has 1 aliphatic heterocycles. The van der Waals surface area contributed by atoms with E-state index in [1.54, 1.807) is 0 Å². The van der Waals surface area contributed by atoms with Gasteiger partial charge in [-0.2, -0.15) is 0 Å². The van der Waals surface area contributed by atoms with Crippen LogP contribution in [0.5, 0.6) is 0 Å². The average molecular weight is 245 g/mol. The Morgan fingerprint density at radius 3 is 2.62 bits per heavy atom. The number of thiocarbonyl (C=S) groups is 1. The van der Waals surface area contributed by atoms with Crippen LogP contribution in [0.4, 0.5) is 0 Å². The quantitative estimate of drug-likeness (QED) is 0.654. The zero-order chi connectivity index (χ0) is 11.8. The Kier molecular flexibility index (Phi) is 6.87. The van der Waals surface area contributed by atoms with Gasteiger partial charge in [-0.15, -0.1) is 0 Å². The molecule has 4 nitrogen and oxygen atoms in total. The van der Waals surface area contributed by atoms with E-state index in [2.05, 4.69) is 16.7 Å². The predicted molar refractivity (Wildman–Crippen MR) is 70.8 cm³/mol. The molecule has 0 aromatic rings. The van der Waals surface area contributed by atoms with E-state index in [1.807, 2.05) is 0 Å². The fraction of sp³-hybridized carbons (Fsp3) is 0.909. The summed E-state index contributed by atoms with van der Waals surface area (Å²) >= 11 is 4.96. The molecular formula is C11H23N3OS. The summed E-state index contributed by atoms with van der Waals surface area (Å²) in [5.74, 6) is 0. The van der Waals surface area contributed by atoms with Crippen molar-refractivity contribution in [2.45, 2.75) is 13.3 Å². The highest BCUT2D eigenvalue weighted by Crippen LogP contribution is 1.98.